The largest absolute Gasteiger partial charge is 0.328 e. The number of anilines is 1. The number of hydrogen-bond donors (Lipinski definition) is 2. The molecule has 0 fully saturated rings. The van der Waals surface area contributed by atoms with E-state index < -0.39 is 28.8 Å². The zero-order valence-electron chi connectivity index (χ0n) is 15.5. The molecule has 0 aliphatic rings. The van der Waals surface area contributed by atoms with Crippen LogP contribution in [0.1, 0.15) is 17.3 Å². The van der Waals surface area contributed by atoms with Crippen LogP contribution < -0.4 is 16.6 Å². The Morgan fingerprint density at radius 1 is 1.17 bits per heavy atom. The van der Waals surface area contributed by atoms with Gasteiger partial charge in [0.1, 0.15) is 0 Å². The molecule has 10 heteroatoms. The second-order valence-electron chi connectivity index (χ2n) is 6.36. The van der Waals surface area contributed by atoms with Crippen molar-refractivity contribution in [3.05, 3.63) is 79.8 Å². The molecule has 1 amide bonds. The summed E-state index contributed by atoms with van der Waals surface area (Å²) in [6.45, 7) is 1.92. The Kier molecular flexibility index (Phi) is 5.00. The molecule has 2 heterocycles. The smallest absolute Gasteiger partial charge is 0.307 e. The first-order chi connectivity index (χ1) is 14.4. The maximum Gasteiger partial charge on any atom is 0.328 e. The molecule has 0 spiro atoms. The number of aromatic amines is 1. The van der Waals surface area contributed by atoms with Gasteiger partial charge in [0.15, 0.2) is 16.8 Å². The van der Waals surface area contributed by atoms with Crippen LogP contribution in [-0.4, -0.2) is 20.4 Å². The fraction of sp³-hybridized carbons (Fsp3) is 0.100. The van der Waals surface area contributed by atoms with Crippen molar-refractivity contribution in [2.75, 3.05) is 5.32 Å². The Labute approximate surface area is 171 Å². The number of amides is 1. The number of carbonyl (C=O) groups excluding carboxylic acids is 1. The Hall–Kier alpha value is -3.66. The average Bonchev–Trinajstić information content (AvgIpc) is 3.18. The van der Waals surface area contributed by atoms with Crippen molar-refractivity contribution in [2.45, 2.75) is 13.5 Å². The molecule has 2 N–H and O–H groups in total. The molecule has 0 radical (unpaired) electrons. The lowest BCUT2D eigenvalue weighted by Crippen LogP contribution is -2.34. The van der Waals surface area contributed by atoms with Crippen LogP contribution in [0.15, 0.2) is 51.4 Å². The van der Waals surface area contributed by atoms with Gasteiger partial charge in [-0.3, -0.25) is 19.5 Å². The summed E-state index contributed by atoms with van der Waals surface area (Å²) in [6, 6.07) is 7.78. The highest BCUT2D eigenvalue weighted by molar-refractivity contribution is 7.14. The average molecular weight is 428 g/mol. The van der Waals surface area contributed by atoms with Gasteiger partial charge in [0, 0.05) is 23.1 Å². The van der Waals surface area contributed by atoms with Crippen molar-refractivity contribution in [3.8, 4) is 11.3 Å². The quantitative estimate of drug-likeness (QED) is 0.521. The molecule has 0 aliphatic carbocycles. The van der Waals surface area contributed by atoms with Gasteiger partial charge in [-0.2, -0.15) is 0 Å². The standard InChI is InChI=1S/C20H14F2N4O3S/c1-2-26-18(28)12-5-3-11(8-15(12)24-20(26)29)17(27)25-19-23-16(9-30-19)10-4-6-13(21)14(22)7-10/h3-9H,2H2,1H3,(H,24,29)(H,23,25,27). The van der Waals surface area contributed by atoms with E-state index in [1.54, 1.807) is 12.3 Å². The second-order valence-corrected chi connectivity index (χ2v) is 7.22. The van der Waals surface area contributed by atoms with Crippen LogP contribution in [0.4, 0.5) is 13.9 Å². The summed E-state index contributed by atoms with van der Waals surface area (Å²) >= 11 is 1.12. The summed E-state index contributed by atoms with van der Waals surface area (Å²) in [7, 11) is 0. The van der Waals surface area contributed by atoms with Gasteiger partial charge in [0.2, 0.25) is 0 Å². The van der Waals surface area contributed by atoms with Crippen molar-refractivity contribution in [3.63, 3.8) is 0 Å². The van der Waals surface area contributed by atoms with Crippen LogP contribution in [0.3, 0.4) is 0 Å². The number of aromatic nitrogens is 3. The summed E-state index contributed by atoms with van der Waals surface area (Å²) in [6.07, 6.45) is 0. The highest BCUT2D eigenvalue weighted by Gasteiger charge is 2.14. The van der Waals surface area contributed by atoms with Gasteiger partial charge in [-0.15, -0.1) is 11.3 Å². The number of thiazole rings is 1. The summed E-state index contributed by atoms with van der Waals surface area (Å²) in [5, 5.41) is 4.77. The van der Waals surface area contributed by atoms with E-state index in [0.717, 1.165) is 28.0 Å². The van der Waals surface area contributed by atoms with Crippen molar-refractivity contribution in [2.24, 2.45) is 0 Å². The molecule has 2 aromatic carbocycles. The molecule has 2 aromatic heterocycles. The minimum atomic E-state index is -0.988. The molecule has 0 bridgehead atoms. The fourth-order valence-corrected chi connectivity index (χ4v) is 3.69. The molecule has 152 valence electrons. The molecule has 0 atom stereocenters. The van der Waals surface area contributed by atoms with E-state index in [1.165, 1.54) is 24.3 Å². The lowest BCUT2D eigenvalue weighted by Gasteiger charge is -2.06. The van der Waals surface area contributed by atoms with Crippen LogP contribution in [-0.2, 0) is 6.54 Å². The zero-order valence-corrected chi connectivity index (χ0v) is 16.3. The van der Waals surface area contributed by atoms with Crippen molar-refractivity contribution >= 4 is 33.3 Å². The third-order valence-corrected chi connectivity index (χ3v) is 5.26. The van der Waals surface area contributed by atoms with Crippen LogP contribution >= 0.6 is 11.3 Å². The van der Waals surface area contributed by atoms with E-state index in [-0.39, 0.29) is 22.8 Å². The lowest BCUT2D eigenvalue weighted by molar-refractivity contribution is 0.102. The molecule has 30 heavy (non-hydrogen) atoms. The minimum Gasteiger partial charge on any atom is -0.307 e. The normalized spacial score (nSPS) is 11.0. The van der Waals surface area contributed by atoms with Crippen molar-refractivity contribution in [1.29, 1.82) is 0 Å². The van der Waals surface area contributed by atoms with Crippen LogP contribution in [0.5, 0.6) is 0 Å². The van der Waals surface area contributed by atoms with Gasteiger partial charge in [-0.05, 0) is 43.3 Å². The SMILES string of the molecule is CCn1c(=O)[nH]c2cc(C(=O)Nc3nc(-c4ccc(F)c(F)c4)cs3)ccc2c1=O. The molecule has 0 unspecified atom stereocenters. The van der Waals surface area contributed by atoms with Gasteiger partial charge in [-0.1, -0.05) is 0 Å². The van der Waals surface area contributed by atoms with E-state index in [2.05, 4.69) is 15.3 Å². The number of H-pyrrole nitrogens is 1. The number of nitrogens with zero attached hydrogens (tertiary/aromatic N) is 2. The maximum absolute atomic E-state index is 13.4. The Bertz CT molecular complexity index is 1410. The predicted octanol–water partition coefficient (Wildman–Crippen LogP) is 3.36. The minimum absolute atomic E-state index is 0.219. The van der Waals surface area contributed by atoms with Crippen LogP contribution in [0, 0.1) is 11.6 Å². The number of carbonyl (C=O) groups is 1. The Balaban J connectivity index is 1.60. The molecule has 0 aliphatic heterocycles. The van der Waals surface area contributed by atoms with Crippen LogP contribution in [0.25, 0.3) is 22.2 Å². The number of rotatable bonds is 4. The first kappa shape index (κ1) is 19.6. The fourth-order valence-electron chi connectivity index (χ4n) is 2.97. The van der Waals surface area contributed by atoms with E-state index >= 15 is 0 Å². The van der Waals surface area contributed by atoms with Gasteiger partial charge >= 0.3 is 5.69 Å². The van der Waals surface area contributed by atoms with Crippen molar-refractivity contribution in [1.82, 2.24) is 14.5 Å². The number of benzene rings is 2. The van der Waals surface area contributed by atoms with Gasteiger partial charge < -0.3 is 4.98 Å². The predicted molar refractivity (Wildman–Crippen MR) is 110 cm³/mol. The number of hydrogen-bond acceptors (Lipinski definition) is 5. The third-order valence-electron chi connectivity index (χ3n) is 4.50. The maximum atomic E-state index is 13.4. The lowest BCUT2D eigenvalue weighted by atomic mass is 10.1. The highest BCUT2D eigenvalue weighted by atomic mass is 32.1. The first-order valence-electron chi connectivity index (χ1n) is 8.86. The molecule has 4 aromatic rings. The van der Waals surface area contributed by atoms with Gasteiger partial charge in [0.05, 0.1) is 16.6 Å². The number of halogens is 2. The Morgan fingerprint density at radius 2 is 1.97 bits per heavy atom. The van der Waals surface area contributed by atoms with Crippen molar-refractivity contribution < 1.29 is 13.6 Å². The van der Waals surface area contributed by atoms with E-state index in [9.17, 15) is 23.2 Å². The summed E-state index contributed by atoms with van der Waals surface area (Å²) in [5.41, 5.74) is 0.251. The van der Waals surface area contributed by atoms with E-state index in [4.69, 9.17) is 0 Å². The molecule has 0 saturated heterocycles. The monoisotopic (exact) mass is 428 g/mol. The second kappa shape index (κ2) is 7.64. The molecular formula is C20H14F2N4O3S. The molecule has 4 rings (SSSR count). The van der Waals surface area contributed by atoms with Crippen LogP contribution in [0.2, 0.25) is 0 Å². The number of nitrogens with one attached hydrogen (secondary N) is 2. The topological polar surface area (TPSA) is 96.8 Å². The molecule has 0 saturated carbocycles. The Morgan fingerprint density at radius 3 is 2.70 bits per heavy atom. The number of fused-ring (bicyclic) bond motifs is 1. The zero-order chi connectivity index (χ0) is 21.4. The van der Waals surface area contributed by atoms with E-state index in [1.807, 2.05) is 0 Å². The first-order valence-corrected chi connectivity index (χ1v) is 9.74. The summed E-state index contributed by atoms with van der Waals surface area (Å²) < 4.78 is 27.6. The summed E-state index contributed by atoms with van der Waals surface area (Å²) in [5.74, 6) is -2.44. The third kappa shape index (κ3) is 3.52. The van der Waals surface area contributed by atoms with Gasteiger partial charge in [0.25, 0.3) is 11.5 Å². The molecule has 7 nitrogen and oxygen atoms in total. The summed E-state index contributed by atoms with van der Waals surface area (Å²) in [4.78, 5) is 43.7. The highest BCUT2D eigenvalue weighted by Crippen LogP contribution is 2.26. The molecular weight excluding hydrogens is 414 g/mol. The van der Waals surface area contributed by atoms with Gasteiger partial charge in [-0.25, -0.2) is 18.6 Å². The van der Waals surface area contributed by atoms with E-state index in [0.29, 0.717) is 16.6 Å².